The van der Waals surface area contributed by atoms with Crippen molar-refractivity contribution in [1.82, 2.24) is 4.98 Å². The van der Waals surface area contributed by atoms with Crippen molar-refractivity contribution in [3.8, 4) is 11.1 Å². The number of hydrogen-bond acceptors (Lipinski definition) is 4. The number of aromatic amines is 1. The smallest absolute Gasteiger partial charge is 0.258 e. The second kappa shape index (κ2) is 8.79. The van der Waals surface area contributed by atoms with E-state index in [0.29, 0.717) is 39.0 Å². The number of hydrogen-bond donors (Lipinski definition) is 4. The first-order valence-electron chi connectivity index (χ1n) is 12.2. The van der Waals surface area contributed by atoms with Crippen molar-refractivity contribution in [3.63, 3.8) is 0 Å². The first-order valence-corrected chi connectivity index (χ1v) is 12.2. The van der Waals surface area contributed by atoms with E-state index in [1.165, 1.54) is 18.2 Å². The molecular weight excluding hydrogens is 485 g/mol. The van der Waals surface area contributed by atoms with Gasteiger partial charge in [0.2, 0.25) is 0 Å². The Balaban J connectivity index is 1.54. The number of anilines is 1. The summed E-state index contributed by atoms with van der Waals surface area (Å²) in [5.74, 6) is -1.15. The number of H-pyrrole nitrogens is 1. The second-order valence-corrected chi connectivity index (χ2v) is 9.55. The van der Waals surface area contributed by atoms with E-state index in [1.807, 2.05) is 37.3 Å². The van der Waals surface area contributed by atoms with Gasteiger partial charge in [-0.05, 0) is 71.1 Å². The van der Waals surface area contributed by atoms with Crippen LogP contribution in [0.5, 0.6) is 0 Å². The molecule has 8 heteroatoms. The van der Waals surface area contributed by atoms with Gasteiger partial charge in [0.15, 0.2) is 0 Å². The molecule has 190 valence electrons. The van der Waals surface area contributed by atoms with E-state index in [4.69, 9.17) is 5.73 Å². The van der Waals surface area contributed by atoms with E-state index < -0.39 is 18.6 Å². The number of carbonyl (C=O) groups excluding carboxylic acids is 2. The number of aliphatic hydroxyl groups is 2. The number of primary amides is 1. The van der Waals surface area contributed by atoms with Crippen molar-refractivity contribution in [2.24, 2.45) is 5.73 Å². The number of nitrogens with zero attached hydrogens (tertiary/aromatic N) is 1. The third kappa shape index (κ3) is 3.57. The molecule has 0 spiro atoms. The molecule has 38 heavy (non-hydrogen) atoms. The molecule has 2 heterocycles. The van der Waals surface area contributed by atoms with Crippen LogP contribution in [0.15, 0.2) is 66.7 Å². The lowest BCUT2D eigenvalue weighted by atomic mass is 9.93. The van der Waals surface area contributed by atoms with E-state index >= 15 is 0 Å². The lowest BCUT2D eigenvalue weighted by molar-refractivity contribution is 0.0957. The topological polar surface area (TPSA) is 120 Å². The molecular formula is C30H24FN3O4. The molecule has 5 aromatic rings. The molecule has 1 aliphatic rings. The number of fused-ring (bicyclic) bond motifs is 4. The molecule has 1 aromatic heterocycles. The van der Waals surface area contributed by atoms with Gasteiger partial charge in [-0.15, -0.1) is 0 Å². The van der Waals surface area contributed by atoms with E-state index in [9.17, 15) is 24.2 Å². The van der Waals surface area contributed by atoms with Gasteiger partial charge in [0.25, 0.3) is 11.8 Å². The zero-order chi connectivity index (χ0) is 26.7. The maximum Gasteiger partial charge on any atom is 0.258 e. The van der Waals surface area contributed by atoms with Gasteiger partial charge in [0, 0.05) is 27.5 Å². The van der Waals surface area contributed by atoms with Crippen LogP contribution in [0.1, 0.15) is 43.5 Å². The standard InChI is InChI=1S/C30H24FN3O4/c1-15-19(3-2-4-25(15)34-13-17-11-18(31)6-8-20(17)30(34)38)21-9-10-23(29(32)37)28-27(21)22-7-5-16(26(36)14-35)12-24(22)33-28/h2-12,26,33,35-36H,13-14H2,1H3,(H2,32,37). The molecule has 6 rings (SSSR count). The Morgan fingerprint density at radius 2 is 1.87 bits per heavy atom. The first-order chi connectivity index (χ1) is 18.3. The molecule has 1 aliphatic heterocycles. The number of benzene rings is 4. The molecule has 0 fully saturated rings. The van der Waals surface area contributed by atoms with Crippen LogP contribution in [0.3, 0.4) is 0 Å². The van der Waals surface area contributed by atoms with Gasteiger partial charge >= 0.3 is 0 Å². The van der Waals surface area contributed by atoms with Crippen molar-refractivity contribution in [3.05, 3.63) is 100 Å². The molecule has 0 bridgehead atoms. The lowest BCUT2D eigenvalue weighted by Gasteiger charge is -2.21. The highest BCUT2D eigenvalue weighted by molar-refractivity contribution is 6.20. The number of aromatic nitrogens is 1. The van der Waals surface area contributed by atoms with E-state index in [1.54, 1.807) is 23.1 Å². The average molecular weight is 510 g/mol. The maximum atomic E-state index is 13.8. The fourth-order valence-electron chi connectivity index (χ4n) is 5.46. The largest absolute Gasteiger partial charge is 0.393 e. The number of amides is 2. The quantitative estimate of drug-likeness (QED) is 0.274. The number of aliphatic hydroxyl groups excluding tert-OH is 2. The highest BCUT2D eigenvalue weighted by Crippen LogP contribution is 2.41. The molecule has 0 radical (unpaired) electrons. The summed E-state index contributed by atoms with van der Waals surface area (Å²) < 4.78 is 13.8. The van der Waals surface area contributed by atoms with Gasteiger partial charge in [-0.1, -0.05) is 30.3 Å². The van der Waals surface area contributed by atoms with Crippen molar-refractivity contribution in [2.75, 3.05) is 11.5 Å². The Hall–Kier alpha value is -4.53. The maximum absolute atomic E-state index is 13.8. The number of nitrogens with two attached hydrogens (primary N) is 1. The monoisotopic (exact) mass is 509 g/mol. The van der Waals surface area contributed by atoms with Crippen LogP contribution in [-0.4, -0.2) is 33.6 Å². The molecule has 2 amide bonds. The summed E-state index contributed by atoms with van der Waals surface area (Å²) in [6, 6.07) is 18.7. The fraction of sp³-hybridized carbons (Fsp3) is 0.133. The zero-order valence-electron chi connectivity index (χ0n) is 20.5. The SMILES string of the molecule is Cc1c(-c2ccc(C(N)=O)c3[nH]c4cc(C(O)CO)ccc4c23)cccc1N1Cc2cc(F)ccc2C1=O. The van der Waals surface area contributed by atoms with Gasteiger partial charge < -0.3 is 25.8 Å². The minimum atomic E-state index is -1.03. The molecule has 1 unspecified atom stereocenters. The Kier molecular flexibility index (Phi) is 5.52. The summed E-state index contributed by atoms with van der Waals surface area (Å²) in [5, 5.41) is 21.1. The van der Waals surface area contributed by atoms with Crippen molar-refractivity contribution < 1.29 is 24.2 Å². The van der Waals surface area contributed by atoms with Crippen LogP contribution < -0.4 is 10.6 Å². The zero-order valence-corrected chi connectivity index (χ0v) is 20.5. The van der Waals surface area contributed by atoms with E-state index in [2.05, 4.69) is 4.98 Å². The van der Waals surface area contributed by atoms with Gasteiger partial charge in [-0.25, -0.2) is 4.39 Å². The predicted molar refractivity (Wildman–Crippen MR) is 143 cm³/mol. The Morgan fingerprint density at radius 3 is 2.63 bits per heavy atom. The van der Waals surface area contributed by atoms with Gasteiger partial charge in [-0.2, -0.15) is 0 Å². The van der Waals surface area contributed by atoms with Crippen LogP contribution in [0.25, 0.3) is 32.9 Å². The normalized spacial score (nSPS) is 13.9. The first kappa shape index (κ1) is 23.8. The van der Waals surface area contributed by atoms with E-state index in [-0.39, 0.29) is 18.3 Å². The summed E-state index contributed by atoms with van der Waals surface area (Å²) in [7, 11) is 0. The predicted octanol–water partition coefficient (Wildman–Crippen LogP) is 4.72. The third-order valence-electron chi connectivity index (χ3n) is 7.36. The number of carbonyl (C=O) groups is 2. The molecule has 5 N–H and O–H groups in total. The fourth-order valence-corrected chi connectivity index (χ4v) is 5.46. The van der Waals surface area contributed by atoms with E-state index in [0.717, 1.165) is 27.5 Å². The van der Waals surface area contributed by atoms with Crippen LogP contribution >= 0.6 is 0 Å². The number of halogens is 1. The van der Waals surface area contributed by atoms with Gasteiger partial charge in [-0.3, -0.25) is 9.59 Å². The lowest BCUT2D eigenvalue weighted by Crippen LogP contribution is -2.24. The Labute approximate surface area is 216 Å². The van der Waals surface area contributed by atoms with Crippen LogP contribution in [-0.2, 0) is 6.54 Å². The summed E-state index contributed by atoms with van der Waals surface area (Å²) in [6.45, 7) is 1.79. The molecule has 0 saturated heterocycles. The van der Waals surface area contributed by atoms with Crippen LogP contribution in [0, 0.1) is 12.7 Å². The molecule has 1 atom stereocenters. The Morgan fingerprint density at radius 1 is 1.08 bits per heavy atom. The molecule has 0 aliphatic carbocycles. The molecule has 7 nitrogen and oxygen atoms in total. The molecule has 0 saturated carbocycles. The summed E-state index contributed by atoms with van der Waals surface area (Å²) >= 11 is 0. The summed E-state index contributed by atoms with van der Waals surface area (Å²) in [4.78, 5) is 30.4. The highest BCUT2D eigenvalue weighted by Gasteiger charge is 2.30. The highest BCUT2D eigenvalue weighted by atomic mass is 19.1. The summed E-state index contributed by atoms with van der Waals surface area (Å²) in [5.41, 5.74) is 12.2. The van der Waals surface area contributed by atoms with Crippen molar-refractivity contribution in [2.45, 2.75) is 19.6 Å². The third-order valence-corrected chi connectivity index (χ3v) is 7.36. The summed E-state index contributed by atoms with van der Waals surface area (Å²) in [6.07, 6.45) is -1.03. The van der Waals surface area contributed by atoms with Gasteiger partial charge in [0.05, 0.1) is 24.2 Å². The van der Waals surface area contributed by atoms with Crippen LogP contribution in [0.2, 0.25) is 0 Å². The average Bonchev–Trinajstić information content (AvgIpc) is 3.44. The van der Waals surface area contributed by atoms with Crippen molar-refractivity contribution >= 4 is 39.3 Å². The minimum Gasteiger partial charge on any atom is -0.393 e. The second-order valence-electron chi connectivity index (χ2n) is 9.55. The van der Waals surface area contributed by atoms with Crippen LogP contribution in [0.4, 0.5) is 10.1 Å². The van der Waals surface area contributed by atoms with Gasteiger partial charge in [0.1, 0.15) is 11.9 Å². The molecule has 4 aromatic carbocycles. The minimum absolute atomic E-state index is 0.184. The van der Waals surface area contributed by atoms with Crippen molar-refractivity contribution in [1.29, 1.82) is 0 Å². The number of rotatable bonds is 5. The Bertz CT molecular complexity index is 1790. The number of nitrogens with one attached hydrogen (secondary N) is 1.